The number of benzene rings is 3. The number of hydrogen-bond donors (Lipinski definition) is 1. The Labute approximate surface area is 205 Å². The molecule has 1 spiro atoms. The number of ether oxygens (including phenoxy) is 1. The Morgan fingerprint density at radius 2 is 1.86 bits per heavy atom. The smallest absolute Gasteiger partial charge is 0.323 e. The summed E-state index contributed by atoms with van der Waals surface area (Å²) in [5.41, 5.74) is 3.36. The van der Waals surface area contributed by atoms with E-state index in [1.165, 1.54) is 29.8 Å². The summed E-state index contributed by atoms with van der Waals surface area (Å²) in [5, 5.41) is 2.90. The lowest BCUT2D eigenvalue weighted by atomic mass is 10.1. The van der Waals surface area contributed by atoms with Gasteiger partial charge in [-0.05, 0) is 55.0 Å². The van der Waals surface area contributed by atoms with Crippen LogP contribution in [-0.2, 0) is 16.2 Å². The second kappa shape index (κ2) is 8.88. The lowest BCUT2D eigenvalue weighted by Gasteiger charge is -2.33. The van der Waals surface area contributed by atoms with Crippen LogP contribution in [0.3, 0.4) is 0 Å². The molecule has 0 bridgehead atoms. The summed E-state index contributed by atoms with van der Waals surface area (Å²) < 4.78 is 32.8. The second-order valence-electron chi connectivity index (χ2n) is 8.46. The van der Waals surface area contributed by atoms with Gasteiger partial charge in [0.1, 0.15) is 5.75 Å². The summed E-state index contributed by atoms with van der Waals surface area (Å²) in [6.07, 6.45) is 0. The van der Waals surface area contributed by atoms with Crippen molar-refractivity contribution in [3.05, 3.63) is 89.0 Å². The summed E-state index contributed by atoms with van der Waals surface area (Å²) in [4.78, 5) is 29.2. The minimum Gasteiger partial charge on any atom is -0.497 e. The predicted octanol–water partition coefficient (Wildman–Crippen LogP) is 5.26. The van der Waals surface area contributed by atoms with Crippen molar-refractivity contribution in [2.75, 3.05) is 29.6 Å². The SMILES string of the molecule is COc1ccc2c(c1)[C@@]1(SCCN1C(=O)Nc1ccc(C)cc1)C(=O)N2Cc1ccc(F)c(F)c1. The van der Waals surface area contributed by atoms with Gasteiger partial charge in [-0.3, -0.25) is 9.69 Å². The number of methoxy groups -OCH3 is 1. The first-order valence-corrected chi connectivity index (χ1v) is 12.1. The maximum absolute atomic E-state index is 14.0. The summed E-state index contributed by atoms with van der Waals surface area (Å²) in [7, 11) is 1.54. The molecule has 180 valence electrons. The van der Waals surface area contributed by atoms with E-state index >= 15 is 0 Å². The molecule has 1 fully saturated rings. The third-order valence-corrected chi connectivity index (χ3v) is 7.69. The van der Waals surface area contributed by atoms with Gasteiger partial charge in [0, 0.05) is 23.5 Å². The number of nitrogens with zero attached hydrogens (tertiary/aromatic N) is 2. The van der Waals surface area contributed by atoms with Crippen LogP contribution < -0.4 is 15.0 Å². The fourth-order valence-corrected chi connectivity index (χ4v) is 5.98. The number of carbonyl (C=O) groups is 2. The third-order valence-electron chi connectivity index (χ3n) is 6.27. The molecule has 2 aliphatic rings. The molecular weight excluding hydrogens is 472 g/mol. The van der Waals surface area contributed by atoms with Crippen molar-refractivity contribution < 1.29 is 23.1 Å². The van der Waals surface area contributed by atoms with Crippen molar-refractivity contribution >= 4 is 35.1 Å². The van der Waals surface area contributed by atoms with Gasteiger partial charge in [-0.1, -0.05) is 23.8 Å². The van der Waals surface area contributed by atoms with Gasteiger partial charge >= 0.3 is 6.03 Å². The first-order valence-electron chi connectivity index (χ1n) is 11.1. The number of urea groups is 1. The minimum absolute atomic E-state index is 0.0328. The van der Waals surface area contributed by atoms with Crippen molar-refractivity contribution in [1.29, 1.82) is 0 Å². The van der Waals surface area contributed by atoms with Crippen LogP contribution >= 0.6 is 11.8 Å². The van der Waals surface area contributed by atoms with Crippen LogP contribution in [0.2, 0.25) is 0 Å². The van der Waals surface area contributed by atoms with Crippen molar-refractivity contribution in [1.82, 2.24) is 4.90 Å². The fourth-order valence-electron chi connectivity index (χ4n) is 4.53. The van der Waals surface area contributed by atoms with Crippen LogP contribution in [0.25, 0.3) is 0 Å². The molecule has 3 aromatic rings. The molecule has 0 saturated carbocycles. The maximum Gasteiger partial charge on any atom is 0.323 e. The predicted molar refractivity (Wildman–Crippen MR) is 132 cm³/mol. The topological polar surface area (TPSA) is 61.9 Å². The molecule has 0 aromatic heterocycles. The van der Waals surface area contributed by atoms with Crippen molar-refractivity contribution in [2.45, 2.75) is 18.3 Å². The zero-order valence-corrected chi connectivity index (χ0v) is 20.0. The van der Waals surface area contributed by atoms with E-state index in [4.69, 9.17) is 4.74 Å². The van der Waals surface area contributed by atoms with E-state index in [1.807, 2.05) is 31.2 Å². The van der Waals surface area contributed by atoms with E-state index in [0.29, 0.717) is 40.5 Å². The third kappa shape index (κ3) is 3.89. The first-order chi connectivity index (χ1) is 16.8. The number of halogens is 2. The van der Waals surface area contributed by atoms with Gasteiger partial charge in [-0.25, -0.2) is 13.6 Å². The molecule has 3 amide bonds. The number of carbonyl (C=O) groups excluding carboxylic acids is 2. The number of nitrogens with one attached hydrogen (secondary N) is 1. The van der Waals surface area contributed by atoms with Crippen LogP contribution in [0.1, 0.15) is 16.7 Å². The highest BCUT2D eigenvalue weighted by atomic mass is 32.2. The monoisotopic (exact) mass is 495 g/mol. The summed E-state index contributed by atoms with van der Waals surface area (Å²) >= 11 is 1.38. The molecule has 9 heteroatoms. The van der Waals surface area contributed by atoms with Gasteiger partial charge in [0.15, 0.2) is 16.5 Å². The number of rotatable bonds is 4. The van der Waals surface area contributed by atoms with E-state index in [1.54, 1.807) is 23.1 Å². The molecule has 35 heavy (non-hydrogen) atoms. The number of amides is 3. The lowest BCUT2D eigenvalue weighted by Crippen LogP contribution is -2.51. The van der Waals surface area contributed by atoms with Gasteiger partial charge in [0.05, 0.1) is 19.3 Å². The van der Waals surface area contributed by atoms with Gasteiger partial charge in [0.2, 0.25) is 0 Å². The van der Waals surface area contributed by atoms with Crippen LogP contribution in [0, 0.1) is 18.6 Å². The average molecular weight is 496 g/mol. The first kappa shape index (κ1) is 23.2. The number of fused-ring (bicyclic) bond motifs is 2. The highest BCUT2D eigenvalue weighted by Crippen LogP contribution is 2.55. The number of aryl methyl sites for hydroxylation is 1. The molecule has 0 unspecified atom stereocenters. The second-order valence-corrected chi connectivity index (χ2v) is 9.75. The van der Waals surface area contributed by atoms with Crippen LogP contribution in [-0.4, -0.2) is 36.2 Å². The van der Waals surface area contributed by atoms with Crippen LogP contribution in [0.5, 0.6) is 5.75 Å². The Bertz CT molecular complexity index is 1320. The number of thioether (sulfide) groups is 1. The van der Waals surface area contributed by atoms with Crippen LogP contribution in [0.4, 0.5) is 25.0 Å². The zero-order chi connectivity index (χ0) is 24.7. The van der Waals surface area contributed by atoms with E-state index in [0.717, 1.165) is 17.7 Å². The quantitative estimate of drug-likeness (QED) is 0.536. The molecule has 2 heterocycles. The standard InChI is InChI=1S/C26H23F2N3O3S/c1-16-3-6-18(7-4-16)29-25(33)31-11-12-35-26(31)20-14-19(34-2)8-10-23(20)30(24(26)32)15-17-5-9-21(27)22(28)13-17/h3-10,13-14H,11-12,15H2,1-2H3,(H,29,33)/t26-/m1/s1. The zero-order valence-electron chi connectivity index (χ0n) is 19.2. The fraction of sp³-hybridized carbons (Fsp3) is 0.231. The van der Waals surface area contributed by atoms with E-state index in [2.05, 4.69) is 5.32 Å². The van der Waals surface area contributed by atoms with E-state index in [-0.39, 0.29) is 12.5 Å². The Kier molecular flexibility index (Phi) is 5.88. The molecule has 0 aliphatic carbocycles. The minimum atomic E-state index is -1.29. The Balaban J connectivity index is 1.54. The molecule has 1 saturated heterocycles. The Morgan fingerprint density at radius 3 is 2.57 bits per heavy atom. The summed E-state index contributed by atoms with van der Waals surface area (Å²) in [5.74, 6) is -1.13. The van der Waals surface area contributed by atoms with Crippen molar-refractivity contribution in [3.63, 3.8) is 0 Å². The van der Waals surface area contributed by atoms with Gasteiger partial charge in [-0.15, -0.1) is 11.8 Å². The Morgan fingerprint density at radius 1 is 1.09 bits per heavy atom. The van der Waals surface area contributed by atoms with Gasteiger partial charge in [-0.2, -0.15) is 0 Å². The molecule has 2 aliphatic heterocycles. The average Bonchev–Trinajstić information content (AvgIpc) is 3.40. The largest absolute Gasteiger partial charge is 0.497 e. The highest BCUT2D eigenvalue weighted by molar-refractivity contribution is 8.01. The van der Waals surface area contributed by atoms with Crippen molar-refractivity contribution in [3.8, 4) is 5.75 Å². The molecule has 0 radical (unpaired) electrons. The molecule has 6 nitrogen and oxygen atoms in total. The molecule has 3 aromatic carbocycles. The maximum atomic E-state index is 14.0. The van der Waals surface area contributed by atoms with Crippen LogP contribution in [0.15, 0.2) is 60.7 Å². The number of hydrogen-bond acceptors (Lipinski definition) is 4. The van der Waals surface area contributed by atoms with Crippen molar-refractivity contribution in [2.24, 2.45) is 0 Å². The lowest BCUT2D eigenvalue weighted by molar-refractivity contribution is -0.123. The highest BCUT2D eigenvalue weighted by Gasteiger charge is 2.59. The van der Waals surface area contributed by atoms with Gasteiger partial charge in [0.25, 0.3) is 5.91 Å². The molecular formula is C26H23F2N3O3S. The van der Waals surface area contributed by atoms with E-state index < -0.39 is 22.5 Å². The molecule has 1 atom stereocenters. The van der Waals surface area contributed by atoms with Gasteiger partial charge < -0.3 is 15.0 Å². The summed E-state index contributed by atoms with van der Waals surface area (Å²) in [6.45, 7) is 2.36. The Hall–Kier alpha value is -3.59. The molecule has 5 rings (SSSR count). The molecule has 1 N–H and O–H groups in total. The van der Waals surface area contributed by atoms with E-state index in [9.17, 15) is 18.4 Å². The number of anilines is 2. The normalized spacial score (nSPS) is 18.8. The summed E-state index contributed by atoms with van der Waals surface area (Å²) in [6, 6.07) is 15.9.